The number of ether oxygens (including phenoxy) is 2. The predicted molar refractivity (Wildman–Crippen MR) is 142 cm³/mol. The summed E-state index contributed by atoms with van der Waals surface area (Å²) in [6.07, 6.45) is 6.61. The van der Waals surface area contributed by atoms with Gasteiger partial charge in [-0.05, 0) is 42.2 Å². The lowest BCUT2D eigenvalue weighted by Gasteiger charge is -2.22. The molecule has 5 rings (SSSR count). The minimum atomic E-state index is -0.482. The van der Waals surface area contributed by atoms with Crippen LogP contribution in [0.25, 0.3) is 33.3 Å². The van der Waals surface area contributed by atoms with E-state index >= 15 is 0 Å². The lowest BCUT2D eigenvalue weighted by molar-refractivity contribution is -0.186. The van der Waals surface area contributed by atoms with Crippen molar-refractivity contribution in [1.29, 1.82) is 0 Å². The van der Waals surface area contributed by atoms with Crippen LogP contribution >= 0.6 is 0 Å². The lowest BCUT2D eigenvalue weighted by atomic mass is 9.99. The van der Waals surface area contributed by atoms with E-state index in [1.165, 1.54) is 13.4 Å². The van der Waals surface area contributed by atoms with Gasteiger partial charge in [-0.25, -0.2) is 20.3 Å². The van der Waals surface area contributed by atoms with Gasteiger partial charge in [-0.2, -0.15) is 0 Å². The lowest BCUT2D eigenvalue weighted by Crippen LogP contribution is -2.33. The van der Waals surface area contributed by atoms with Crippen molar-refractivity contribution in [2.24, 2.45) is 4.99 Å². The van der Waals surface area contributed by atoms with Crippen molar-refractivity contribution in [3.63, 3.8) is 0 Å². The molecule has 0 aliphatic carbocycles. The number of carbonyl (C=O) groups excluding carboxylic acids is 1. The third-order valence-corrected chi connectivity index (χ3v) is 6.22. The molecule has 0 spiro atoms. The highest BCUT2D eigenvalue weighted by molar-refractivity contribution is 6.09. The first kappa shape index (κ1) is 25.3. The first-order chi connectivity index (χ1) is 18.7. The summed E-state index contributed by atoms with van der Waals surface area (Å²) in [6.45, 7) is 0.603. The van der Waals surface area contributed by atoms with Crippen LogP contribution in [0.1, 0.15) is 29.6 Å². The molecule has 1 fully saturated rings. The Hall–Kier alpha value is -4.38. The number of pyridine rings is 2. The Morgan fingerprint density at radius 2 is 1.82 bits per heavy atom. The topological polar surface area (TPSA) is 127 Å². The minimum Gasteiger partial charge on any atom is -0.494 e. The molecule has 4 aromatic rings. The maximum absolute atomic E-state index is 13.3. The third kappa shape index (κ3) is 5.47. The second kappa shape index (κ2) is 11.8. The summed E-state index contributed by atoms with van der Waals surface area (Å²) in [5, 5.41) is 9.20. The fourth-order valence-electron chi connectivity index (χ4n) is 4.35. The molecule has 2 aromatic carbocycles. The Morgan fingerprint density at radius 1 is 1.08 bits per heavy atom. The summed E-state index contributed by atoms with van der Waals surface area (Å²) in [5.74, 6) is -0.142. The average Bonchev–Trinajstić information content (AvgIpc) is 2.98. The van der Waals surface area contributed by atoms with Gasteiger partial charge in [-0.15, -0.1) is 0 Å². The van der Waals surface area contributed by atoms with Gasteiger partial charge >= 0.3 is 0 Å². The maximum atomic E-state index is 13.3. The summed E-state index contributed by atoms with van der Waals surface area (Å²) >= 11 is 0. The number of nitrogens with zero attached hydrogens (tertiary/aromatic N) is 3. The second-order valence-electron chi connectivity index (χ2n) is 8.62. The van der Waals surface area contributed by atoms with Crippen LogP contribution in [-0.4, -0.2) is 47.4 Å². The Kier molecular flexibility index (Phi) is 7.84. The van der Waals surface area contributed by atoms with Crippen LogP contribution in [0, 0.1) is 0 Å². The summed E-state index contributed by atoms with van der Waals surface area (Å²) in [5.41, 5.74) is 9.32. The predicted octanol–water partition coefficient (Wildman–Crippen LogP) is 4.80. The zero-order chi connectivity index (χ0) is 26.3. The number of methoxy groups -OCH3 is 1. The molecule has 0 saturated carbocycles. The van der Waals surface area contributed by atoms with Gasteiger partial charge in [-0.1, -0.05) is 36.4 Å². The van der Waals surface area contributed by atoms with E-state index in [-0.39, 0.29) is 5.56 Å². The molecule has 10 heteroatoms. The zero-order valence-electron chi connectivity index (χ0n) is 20.8. The van der Waals surface area contributed by atoms with Crippen LogP contribution in [0.2, 0.25) is 0 Å². The SMILES string of the molecule is COc1c(-c2ccc(-c3ccc(N=CNO)cc3)cc2)nc2ccncc2c1C(=O)NOC1CCCCO1. The number of hydrogen-bond acceptors (Lipinski definition) is 8. The Bertz CT molecular complexity index is 1430. The molecule has 1 aliphatic heterocycles. The number of hydroxylamine groups is 2. The zero-order valence-corrected chi connectivity index (χ0v) is 20.8. The van der Waals surface area contributed by atoms with Gasteiger partial charge in [0.2, 0.25) is 0 Å². The molecule has 194 valence electrons. The van der Waals surface area contributed by atoms with Crippen LogP contribution in [0.3, 0.4) is 0 Å². The molecule has 0 bridgehead atoms. The van der Waals surface area contributed by atoms with Crippen LogP contribution in [0.5, 0.6) is 5.75 Å². The van der Waals surface area contributed by atoms with E-state index < -0.39 is 12.2 Å². The molecule has 10 nitrogen and oxygen atoms in total. The quantitative estimate of drug-likeness (QED) is 0.174. The molecule has 1 amide bonds. The number of carbonyl (C=O) groups is 1. The monoisotopic (exact) mass is 513 g/mol. The number of fused-ring (bicyclic) bond motifs is 1. The van der Waals surface area contributed by atoms with Crippen molar-refractivity contribution in [2.45, 2.75) is 25.6 Å². The smallest absolute Gasteiger partial charge is 0.279 e. The third-order valence-electron chi connectivity index (χ3n) is 6.22. The molecule has 1 atom stereocenters. The van der Waals surface area contributed by atoms with Gasteiger partial charge in [-0.3, -0.25) is 20.5 Å². The second-order valence-corrected chi connectivity index (χ2v) is 8.62. The normalized spacial score (nSPS) is 15.5. The maximum Gasteiger partial charge on any atom is 0.279 e. The molecular weight excluding hydrogens is 486 g/mol. The number of nitrogens with one attached hydrogen (secondary N) is 2. The van der Waals surface area contributed by atoms with Gasteiger partial charge in [0.1, 0.15) is 12.0 Å². The van der Waals surface area contributed by atoms with E-state index in [0.29, 0.717) is 41.1 Å². The molecule has 3 N–H and O–H groups in total. The molecular formula is C28H27N5O5. The summed E-state index contributed by atoms with van der Waals surface area (Å²) in [7, 11) is 1.51. The van der Waals surface area contributed by atoms with E-state index in [2.05, 4.69) is 15.5 Å². The highest BCUT2D eigenvalue weighted by Gasteiger charge is 2.24. The van der Waals surface area contributed by atoms with E-state index in [9.17, 15) is 4.79 Å². The average molecular weight is 514 g/mol. The minimum absolute atomic E-state index is 0.286. The number of hydrogen-bond donors (Lipinski definition) is 3. The van der Waals surface area contributed by atoms with Gasteiger partial charge in [0.15, 0.2) is 12.0 Å². The number of aliphatic imine (C=N–C) groups is 1. The first-order valence-electron chi connectivity index (χ1n) is 12.2. The molecule has 38 heavy (non-hydrogen) atoms. The fourth-order valence-corrected chi connectivity index (χ4v) is 4.35. The van der Waals surface area contributed by atoms with Crippen molar-refractivity contribution < 1.29 is 24.3 Å². The summed E-state index contributed by atoms with van der Waals surface area (Å²) in [6, 6.07) is 17.2. The van der Waals surface area contributed by atoms with Crippen molar-refractivity contribution >= 4 is 28.8 Å². The largest absolute Gasteiger partial charge is 0.494 e. The fraction of sp³-hybridized carbons (Fsp3) is 0.214. The van der Waals surface area contributed by atoms with Crippen LogP contribution in [0.4, 0.5) is 5.69 Å². The van der Waals surface area contributed by atoms with Gasteiger partial charge in [0.05, 0.1) is 23.9 Å². The summed E-state index contributed by atoms with van der Waals surface area (Å²) in [4.78, 5) is 31.9. The van der Waals surface area contributed by atoms with Crippen molar-refractivity contribution in [3.8, 4) is 28.1 Å². The Morgan fingerprint density at radius 3 is 2.50 bits per heavy atom. The number of amides is 1. The van der Waals surface area contributed by atoms with Crippen LogP contribution in [-0.2, 0) is 9.57 Å². The molecule has 1 aliphatic rings. The highest BCUT2D eigenvalue weighted by atomic mass is 16.8. The molecule has 1 unspecified atom stereocenters. The Balaban J connectivity index is 1.47. The van der Waals surface area contributed by atoms with Gasteiger partial charge in [0, 0.05) is 36.4 Å². The van der Waals surface area contributed by atoms with E-state index in [1.807, 2.05) is 54.0 Å². The molecule has 3 heterocycles. The Labute approximate surface area is 219 Å². The van der Waals surface area contributed by atoms with Crippen molar-refractivity contribution in [1.82, 2.24) is 20.9 Å². The van der Waals surface area contributed by atoms with Gasteiger partial charge < -0.3 is 9.47 Å². The van der Waals surface area contributed by atoms with E-state index in [1.54, 1.807) is 18.5 Å². The molecule has 2 aromatic heterocycles. The summed E-state index contributed by atoms with van der Waals surface area (Å²) < 4.78 is 11.3. The number of benzene rings is 2. The first-order valence-corrected chi connectivity index (χ1v) is 12.2. The van der Waals surface area contributed by atoms with Crippen molar-refractivity contribution in [2.75, 3.05) is 13.7 Å². The standard InChI is InChI=1S/C28H27N5O5/c1-36-27-25(28(34)33-38-24-4-2-3-15-37-24)22-16-29-14-13-23(22)32-26(27)20-7-5-18(6-8-20)19-9-11-21(12-10-19)30-17-31-35/h5-14,16-17,24,35H,2-4,15H2,1H3,(H,30,31)(H,33,34). The van der Waals surface area contributed by atoms with E-state index in [4.69, 9.17) is 24.5 Å². The van der Waals surface area contributed by atoms with E-state index in [0.717, 1.165) is 29.5 Å². The molecule has 0 radical (unpaired) electrons. The molecule has 1 saturated heterocycles. The number of aromatic nitrogens is 2. The van der Waals surface area contributed by atoms with Gasteiger partial charge in [0.25, 0.3) is 5.91 Å². The number of rotatable bonds is 8. The van der Waals surface area contributed by atoms with Crippen LogP contribution in [0.15, 0.2) is 72.0 Å². The van der Waals surface area contributed by atoms with Crippen molar-refractivity contribution in [3.05, 3.63) is 72.6 Å². The highest BCUT2D eigenvalue weighted by Crippen LogP contribution is 2.37. The van der Waals surface area contributed by atoms with Crippen LogP contribution < -0.4 is 15.7 Å².